The molecule has 7 saturated heterocycles. The molecule has 0 unspecified atom stereocenters. The highest BCUT2D eigenvalue weighted by Crippen LogP contribution is 2.30. The smallest absolute Gasteiger partial charge is 0.410 e. The largest absolute Gasteiger partial charge is 0.465 e. The Morgan fingerprint density at radius 2 is 0.659 bits per heavy atom. The Hall–Kier alpha value is -10.5. The summed E-state index contributed by atoms with van der Waals surface area (Å²) in [6.07, 6.45) is 17.9. The highest BCUT2D eigenvalue weighted by molar-refractivity contribution is 5.91. The van der Waals surface area contributed by atoms with Gasteiger partial charge in [0.05, 0.1) is 25.3 Å². The Kier molecular flexibility index (Phi) is 47.1. The number of rotatable bonds is 24. The highest BCUT2D eigenvalue weighted by atomic mass is 19.1. The first-order chi connectivity index (χ1) is 61.5. The van der Waals surface area contributed by atoms with Crippen LogP contribution in [0.25, 0.3) is 0 Å². The molecule has 7 aliphatic rings. The van der Waals surface area contributed by atoms with Gasteiger partial charge in [-0.25, -0.2) is 41.9 Å². The van der Waals surface area contributed by atoms with Crippen LogP contribution in [0, 0.1) is 17.5 Å². The average molecular weight is 1740 g/mol. The van der Waals surface area contributed by atoms with Gasteiger partial charge in [-0.2, -0.15) is 0 Å². The molecule has 4 amide bonds. The monoisotopic (exact) mass is 1740 g/mol. The van der Waals surface area contributed by atoms with Crippen molar-refractivity contribution < 1.29 is 70.4 Å². The Balaban J connectivity index is 0.000000183. The van der Waals surface area contributed by atoms with Crippen molar-refractivity contribution >= 4 is 36.3 Å². The summed E-state index contributed by atoms with van der Waals surface area (Å²) in [7, 11) is 2.85. The second-order valence-corrected chi connectivity index (χ2v) is 32.0. The molecule has 0 aromatic heterocycles. The van der Waals surface area contributed by atoms with E-state index in [1.54, 1.807) is 69.3 Å². The van der Waals surface area contributed by atoms with Gasteiger partial charge in [0.15, 0.2) is 0 Å². The number of halogens is 3. The molecular formula is C100H136F3N11O12. The number of carbonyl (C=O) groups is 6. The quantitative estimate of drug-likeness (QED) is 0.0169. The van der Waals surface area contributed by atoms with Gasteiger partial charge in [0, 0.05) is 50.3 Å². The van der Waals surface area contributed by atoms with Crippen molar-refractivity contribution in [3.05, 3.63) is 275 Å². The SMILES string of the molecule is C=CCN(C(=O)OCc1ccc(F)cc1)C1CCNCC1.C=CCN(C(=O)OCc1ccccc1)C1CCNCC1.CCCN(C(=O)OCc1ccc(F)cc1)C1CCNCC1.CCN(C(=O)OCc1ccc(F)cc1)C1CCNCC1.COC(=O)c1cccc(C2CCNCC2)c1.COC(=O)c1ccccc1C1CCNCC1.c1ccc(C2CCNCC2)cc1. The van der Waals surface area contributed by atoms with E-state index in [0.717, 1.165) is 201 Å². The molecule has 26 heteroatoms. The second kappa shape index (κ2) is 58.8. The van der Waals surface area contributed by atoms with Gasteiger partial charge < -0.3 is 85.2 Å². The van der Waals surface area contributed by atoms with Gasteiger partial charge >= 0.3 is 36.3 Å². The molecule has 0 bridgehead atoms. The molecule has 14 rings (SSSR count). The third-order valence-electron chi connectivity index (χ3n) is 23.3. The van der Waals surface area contributed by atoms with Crippen molar-refractivity contribution in [1.82, 2.24) is 56.8 Å². The summed E-state index contributed by atoms with van der Waals surface area (Å²) in [5.41, 5.74) is 8.64. The van der Waals surface area contributed by atoms with Crippen LogP contribution in [-0.4, -0.2) is 212 Å². The number of benzene rings is 7. The number of esters is 2. The molecule has 7 aliphatic heterocycles. The normalized spacial score (nSPS) is 16.4. The third kappa shape index (κ3) is 36.1. The third-order valence-corrected chi connectivity index (χ3v) is 23.3. The fourth-order valence-electron chi connectivity index (χ4n) is 16.3. The number of nitrogens with one attached hydrogen (secondary N) is 7. The lowest BCUT2D eigenvalue weighted by Gasteiger charge is -2.33. The van der Waals surface area contributed by atoms with Crippen LogP contribution in [0.5, 0.6) is 0 Å². The maximum atomic E-state index is 12.8. The topological polar surface area (TPSA) is 255 Å². The van der Waals surface area contributed by atoms with E-state index in [1.807, 2.05) is 78.6 Å². The Labute approximate surface area is 745 Å². The number of amides is 4. The Morgan fingerprint density at radius 3 is 1.03 bits per heavy atom. The molecule has 23 nitrogen and oxygen atoms in total. The molecule has 7 heterocycles. The fraction of sp³-hybridized carbons (Fsp3) is 0.480. The van der Waals surface area contributed by atoms with E-state index in [1.165, 1.54) is 87.7 Å². The average Bonchev–Trinajstić information content (AvgIpc) is 0.830. The van der Waals surface area contributed by atoms with Crippen LogP contribution in [0.3, 0.4) is 0 Å². The van der Waals surface area contributed by atoms with Crippen molar-refractivity contribution in [3.63, 3.8) is 0 Å². The van der Waals surface area contributed by atoms with Crippen LogP contribution in [-0.2, 0) is 54.8 Å². The molecule has 126 heavy (non-hydrogen) atoms. The zero-order chi connectivity index (χ0) is 89.7. The number of carbonyl (C=O) groups excluding carboxylic acids is 6. The van der Waals surface area contributed by atoms with Crippen LogP contribution in [0.15, 0.2) is 207 Å². The van der Waals surface area contributed by atoms with E-state index in [9.17, 15) is 41.9 Å². The molecule has 7 aromatic rings. The minimum atomic E-state index is -0.342. The molecule has 0 aliphatic carbocycles. The first-order valence-corrected chi connectivity index (χ1v) is 45.1. The van der Waals surface area contributed by atoms with Crippen molar-refractivity contribution in [1.29, 1.82) is 0 Å². The highest BCUT2D eigenvalue weighted by Gasteiger charge is 2.31. The minimum Gasteiger partial charge on any atom is -0.465 e. The van der Waals surface area contributed by atoms with Gasteiger partial charge in [0.1, 0.15) is 43.9 Å². The Morgan fingerprint density at radius 1 is 0.349 bits per heavy atom. The van der Waals surface area contributed by atoms with Gasteiger partial charge in [-0.3, -0.25) is 0 Å². The molecule has 7 fully saturated rings. The molecule has 0 spiro atoms. The zero-order valence-electron chi connectivity index (χ0n) is 74.4. The van der Waals surface area contributed by atoms with Crippen LogP contribution in [0.4, 0.5) is 32.3 Å². The van der Waals surface area contributed by atoms with Gasteiger partial charge in [0.25, 0.3) is 0 Å². The summed E-state index contributed by atoms with van der Waals surface area (Å²) in [6, 6.07) is 55.1. The van der Waals surface area contributed by atoms with E-state index < -0.39 is 0 Å². The fourth-order valence-corrected chi connectivity index (χ4v) is 16.3. The lowest BCUT2D eigenvalue weighted by atomic mass is 9.87. The molecule has 0 radical (unpaired) electrons. The lowest BCUT2D eigenvalue weighted by Crippen LogP contribution is -2.46. The minimum absolute atomic E-state index is 0.151. The van der Waals surface area contributed by atoms with E-state index in [2.05, 4.69) is 93.7 Å². The number of piperidine rings is 7. The molecule has 0 saturated carbocycles. The predicted molar refractivity (Wildman–Crippen MR) is 490 cm³/mol. The van der Waals surface area contributed by atoms with E-state index >= 15 is 0 Å². The summed E-state index contributed by atoms with van der Waals surface area (Å²) >= 11 is 0. The van der Waals surface area contributed by atoms with Crippen LogP contribution in [0.1, 0.15) is 188 Å². The summed E-state index contributed by atoms with van der Waals surface area (Å²) in [4.78, 5) is 79.1. The first kappa shape index (κ1) is 101. The summed E-state index contributed by atoms with van der Waals surface area (Å²) in [6.45, 7) is 28.7. The number of nitrogens with zero attached hydrogens (tertiary/aromatic N) is 4. The van der Waals surface area contributed by atoms with E-state index in [4.69, 9.17) is 28.4 Å². The molecule has 684 valence electrons. The predicted octanol–water partition coefficient (Wildman–Crippen LogP) is 16.8. The van der Waals surface area contributed by atoms with Crippen LogP contribution >= 0.6 is 0 Å². The van der Waals surface area contributed by atoms with E-state index in [-0.39, 0.29) is 97.8 Å². The number of hydrogen-bond donors (Lipinski definition) is 7. The standard InChI is InChI=1S/C16H23FN2O2.C16H21FN2O2.C16H22N2O2.C15H21FN2O2.2C13H17NO2.C11H15N/c2*1-2-11-19(15-7-9-18-10-8-15)16(20)21-12-13-3-5-14(17)6-4-13;1-2-12-18(15-8-10-17-11-9-15)16(19)20-13-14-6-4-3-5-7-14;1-2-18(14-7-9-17-10-8-14)15(19)20-11-12-3-5-13(16)6-4-12;1-16-13(15)12-4-2-3-11(9-12)10-5-7-14-8-6-10;1-16-13(15)12-5-3-2-4-11(12)10-6-8-14-9-7-10;1-2-4-10(5-3-1)11-6-8-12-9-7-11/h3-6,15,18H,2,7-12H2,1H3;2-6,15,18H,1,7-12H2;2-7,15,17H,1,8-13H2;3-6,14,17H,2,7-11H2,1H3;2-4,9-10,14H,5-8H2,1H3;2-5,10,14H,6-9H2,1H3;1-5,11-12H,6-9H2. The maximum Gasteiger partial charge on any atom is 0.410 e. The zero-order valence-corrected chi connectivity index (χ0v) is 74.4. The van der Waals surface area contributed by atoms with Gasteiger partial charge in [0.2, 0.25) is 0 Å². The molecule has 7 aromatic carbocycles. The maximum absolute atomic E-state index is 12.8. The van der Waals surface area contributed by atoms with E-state index in [0.29, 0.717) is 50.2 Å². The second-order valence-electron chi connectivity index (χ2n) is 32.0. The summed E-state index contributed by atoms with van der Waals surface area (Å²) < 4.78 is 69.4. The number of hydrogen-bond acceptors (Lipinski definition) is 19. The number of ether oxygens (including phenoxy) is 6. The first-order valence-electron chi connectivity index (χ1n) is 45.1. The van der Waals surface area contributed by atoms with Crippen molar-refractivity contribution in [2.24, 2.45) is 0 Å². The van der Waals surface area contributed by atoms with Crippen molar-refractivity contribution in [2.75, 3.05) is 132 Å². The number of methoxy groups -OCH3 is 2. The molecule has 0 atom stereocenters. The lowest BCUT2D eigenvalue weighted by molar-refractivity contribution is 0.0590. The van der Waals surface area contributed by atoms with Crippen LogP contribution in [0.2, 0.25) is 0 Å². The summed E-state index contributed by atoms with van der Waals surface area (Å²) in [5, 5.41) is 23.2. The Bertz CT molecular complexity index is 4250. The van der Waals surface area contributed by atoms with Crippen molar-refractivity contribution in [3.8, 4) is 0 Å². The van der Waals surface area contributed by atoms with Gasteiger partial charge in [-0.15, -0.1) is 13.2 Å². The van der Waals surface area contributed by atoms with Crippen molar-refractivity contribution in [2.45, 2.75) is 179 Å². The van der Waals surface area contributed by atoms with Gasteiger partial charge in [-0.1, -0.05) is 146 Å². The molecular weight excluding hydrogens is 1600 g/mol. The van der Waals surface area contributed by atoms with Gasteiger partial charge in [-0.05, 0) is 306 Å². The van der Waals surface area contributed by atoms with Crippen LogP contribution < -0.4 is 37.2 Å². The molecule has 7 N–H and O–H groups in total. The summed E-state index contributed by atoms with van der Waals surface area (Å²) in [5.74, 6) is 0.505.